The molecule has 6 heteroatoms. The molecule has 2 aromatic carbocycles. The standard InChI is InChI=1S/C14H8ClIN4/c15-9-2-1-8(7-17)13(5-9)20-12-4-3-10(16)6-11(12)19-14(20)18/h1-6H,(H2,18,19). The summed E-state index contributed by atoms with van der Waals surface area (Å²) in [6.45, 7) is 0. The van der Waals surface area contributed by atoms with Crippen LogP contribution in [0.15, 0.2) is 36.4 Å². The molecule has 0 spiro atoms. The van der Waals surface area contributed by atoms with Crippen LogP contribution in [-0.4, -0.2) is 9.55 Å². The molecule has 0 fully saturated rings. The lowest BCUT2D eigenvalue weighted by atomic mass is 10.2. The molecule has 2 N–H and O–H groups in total. The van der Waals surface area contributed by atoms with Crippen molar-refractivity contribution in [2.24, 2.45) is 0 Å². The minimum Gasteiger partial charge on any atom is -0.369 e. The fourth-order valence-corrected chi connectivity index (χ4v) is 2.75. The third-order valence-corrected chi connectivity index (χ3v) is 3.87. The molecule has 0 bridgehead atoms. The number of benzene rings is 2. The van der Waals surface area contributed by atoms with E-state index in [2.05, 4.69) is 33.6 Å². The van der Waals surface area contributed by atoms with Crippen molar-refractivity contribution in [1.29, 1.82) is 5.26 Å². The zero-order chi connectivity index (χ0) is 14.3. The average Bonchev–Trinajstić information content (AvgIpc) is 2.73. The van der Waals surface area contributed by atoms with E-state index < -0.39 is 0 Å². The normalized spacial score (nSPS) is 10.7. The summed E-state index contributed by atoms with van der Waals surface area (Å²) in [7, 11) is 0. The molecule has 0 aliphatic carbocycles. The van der Waals surface area contributed by atoms with Gasteiger partial charge < -0.3 is 5.73 Å². The molecule has 98 valence electrons. The second-order valence-electron chi connectivity index (χ2n) is 4.21. The highest BCUT2D eigenvalue weighted by atomic mass is 127. The molecular formula is C14H8ClIN4. The van der Waals surface area contributed by atoms with Crippen LogP contribution in [0.5, 0.6) is 0 Å². The fraction of sp³-hybridized carbons (Fsp3) is 0. The lowest BCUT2D eigenvalue weighted by Crippen LogP contribution is -2.02. The van der Waals surface area contributed by atoms with Gasteiger partial charge in [-0.1, -0.05) is 11.6 Å². The molecule has 20 heavy (non-hydrogen) atoms. The van der Waals surface area contributed by atoms with Gasteiger partial charge in [-0.3, -0.25) is 4.57 Å². The van der Waals surface area contributed by atoms with Crippen molar-refractivity contribution in [3.63, 3.8) is 0 Å². The van der Waals surface area contributed by atoms with Gasteiger partial charge in [-0.2, -0.15) is 5.26 Å². The van der Waals surface area contributed by atoms with Gasteiger partial charge in [0.05, 0.1) is 22.3 Å². The molecule has 0 aliphatic rings. The van der Waals surface area contributed by atoms with E-state index in [0.29, 0.717) is 22.2 Å². The maximum atomic E-state index is 9.25. The van der Waals surface area contributed by atoms with Crippen LogP contribution in [0.1, 0.15) is 5.56 Å². The summed E-state index contributed by atoms with van der Waals surface area (Å²) >= 11 is 8.25. The molecule has 1 heterocycles. The second-order valence-corrected chi connectivity index (χ2v) is 5.89. The van der Waals surface area contributed by atoms with Gasteiger partial charge in [0, 0.05) is 8.59 Å². The molecule has 1 aromatic heterocycles. The number of anilines is 1. The summed E-state index contributed by atoms with van der Waals surface area (Å²) in [6.07, 6.45) is 0. The molecule has 0 amide bonds. The third-order valence-electron chi connectivity index (χ3n) is 2.96. The van der Waals surface area contributed by atoms with Gasteiger partial charge in [0.2, 0.25) is 5.95 Å². The van der Waals surface area contributed by atoms with E-state index >= 15 is 0 Å². The van der Waals surface area contributed by atoms with Crippen molar-refractivity contribution in [2.75, 3.05) is 5.73 Å². The topological polar surface area (TPSA) is 67.6 Å². The Kier molecular flexibility index (Phi) is 3.28. The molecule has 0 atom stereocenters. The van der Waals surface area contributed by atoms with Crippen LogP contribution in [0.25, 0.3) is 16.7 Å². The Hall–Kier alpha value is -1.78. The van der Waals surface area contributed by atoms with Crippen LogP contribution in [-0.2, 0) is 0 Å². The van der Waals surface area contributed by atoms with E-state index in [9.17, 15) is 5.26 Å². The first-order valence-electron chi connectivity index (χ1n) is 5.73. The Labute approximate surface area is 133 Å². The van der Waals surface area contributed by atoms with Crippen molar-refractivity contribution in [3.8, 4) is 11.8 Å². The highest BCUT2D eigenvalue weighted by Crippen LogP contribution is 2.28. The van der Waals surface area contributed by atoms with E-state index in [-0.39, 0.29) is 0 Å². The summed E-state index contributed by atoms with van der Waals surface area (Å²) in [6, 6.07) is 13.1. The van der Waals surface area contributed by atoms with Crippen LogP contribution in [0, 0.1) is 14.9 Å². The Balaban J connectivity index is 2.38. The number of nitriles is 1. The zero-order valence-corrected chi connectivity index (χ0v) is 13.1. The molecule has 0 radical (unpaired) electrons. The number of rotatable bonds is 1. The SMILES string of the molecule is N#Cc1ccc(Cl)cc1-n1c(N)nc2cc(I)ccc21. The van der Waals surface area contributed by atoms with Crippen LogP contribution < -0.4 is 5.73 Å². The maximum absolute atomic E-state index is 9.25. The predicted molar refractivity (Wildman–Crippen MR) is 87.9 cm³/mol. The minimum absolute atomic E-state index is 0.334. The van der Waals surface area contributed by atoms with Gasteiger partial charge in [-0.25, -0.2) is 4.98 Å². The number of halogens is 2. The Morgan fingerprint density at radius 1 is 1.25 bits per heavy atom. The number of hydrogen-bond acceptors (Lipinski definition) is 3. The highest BCUT2D eigenvalue weighted by molar-refractivity contribution is 14.1. The van der Waals surface area contributed by atoms with Crippen LogP contribution in [0.4, 0.5) is 5.95 Å². The number of nitrogens with two attached hydrogens (primary N) is 1. The molecule has 0 saturated heterocycles. The fourth-order valence-electron chi connectivity index (χ4n) is 2.11. The number of fused-ring (bicyclic) bond motifs is 1. The van der Waals surface area contributed by atoms with Gasteiger partial charge in [0.25, 0.3) is 0 Å². The van der Waals surface area contributed by atoms with Gasteiger partial charge in [0.1, 0.15) is 6.07 Å². The zero-order valence-electron chi connectivity index (χ0n) is 10.1. The minimum atomic E-state index is 0.334. The number of aromatic nitrogens is 2. The van der Waals surface area contributed by atoms with Crippen molar-refractivity contribution in [3.05, 3.63) is 50.6 Å². The van der Waals surface area contributed by atoms with Crippen molar-refractivity contribution < 1.29 is 0 Å². The summed E-state index contributed by atoms with van der Waals surface area (Å²) < 4.78 is 2.82. The molecule has 0 unspecified atom stereocenters. The number of imidazole rings is 1. The summed E-state index contributed by atoms with van der Waals surface area (Å²) in [5.74, 6) is 0.334. The van der Waals surface area contributed by atoms with Crippen LogP contribution in [0.3, 0.4) is 0 Å². The highest BCUT2D eigenvalue weighted by Gasteiger charge is 2.14. The number of nitrogen functional groups attached to an aromatic ring is 1. The Morgan fingerprint density at radius 3 is 2.80 bits per heavy atom. The van der Waals surface area contributed by atoms with Gasteiger partial charge >= 0.3 is 0 Å². The Morgan fingerprint density at radius 2 is 2.05 bits per heavy atom. The largest absolute Gasteiger partial charge is 0.369 e. The number of hydrogen-bond donors (Lipinski definition) is 1. The maximum Gasteiger partial charge on any atom is 0.205 e. The van der Waals surface area contributed by atoms with E-state index in [1.54, 1.807) is 22.8 Å². The third kappa shape index (κ3) is 2.11. The van der Waals surface area contributed by atoms with Gasteiger partial charge in [0.15, 0.2) is 0 Å². The quantitative estimate of drug-likeness (QED) is 0.639. The van der Waals surface area contributed by atoms with Gasteiger partial charge in [-0.15, -0.1) is 0 Å². The first-order chi connectivity index (χ1) is 9.60. The van der Waals surface area contributed by atoms with E-state index in [0.717, 1.165) is 14.6 Å². The lowest BCUT2D eigenvalue weighted by molar-refractivity contribution is 1.10. The average molecular weight is 395 g/mol. The molecule has 0 aliphatic heterocycles. The smallest absolute Gasteiger partial charge is 0.205 e. The van der Waals surface area contributed by atoms with Crippen molar-refractivity contribution in [1.82, 2.24) is 9.55 Å². The van der Waals surface area contributed by atoms with E-state index in [1.165, 1.54) is 0 Å². The van der Waals surface area contributed by atoms with E-state index in [4.69, 9.17) is 17.3 Å². The molecule has 3 aromatic rings. The molecule has 4 nitrogen and oxygen atoms in total. The van der Waals surface area contributed by atoms with Crippen molar-refractivity contribution >= 4 is 51.2 Å². The summed E-state index contributed by atoms with van der Waals surface area (Å²) in [5.41, 5.74) is 8.78. The monoisotopic (exact) mass is 394 g/mol. The van der Waals surface area contributed by atoms with Crippen LogP contribution >= 0.6 is 34.2 Å². The van der Waals surface area contributed by atoms with Gasteiger partial charge in [-0.05, 0) is 59.0 Å². The molecular weight excluding hydrogens is 387 g/mol. The lowest BCUT2D eigenvalue weighted by Gasteiger charge is -2.09. The molecule has 3 rings (SSSR count). The Bertz CT molecular complexity index is 863. The predicted octanol–water partition coefficient (Wildman–Crippen LogP) is 3.74. The van der Waals surface area contributed by atoms with E-state index in [1.807, 2.05) is 18.2 Å². The first kappa shape index (κ1) is 13.2. The summed E-state index contributed by atoms with van der Waals surface area (Å²) in [5, 5.41) is 9.79. The van der Waals surface area contributed by atoms with Crippen LogP contribution in [0.2, 0.25) is 5.02 Å². The van der Waals surface area contributed by atoms with Crippen molar-refractivity contribution in [2.45, 2.75) is 0 Å². The summed E-state index contributed by atoms with van der Waals surface area (Å²) in [4.78, 5) is 4.34. The molecule has 0 saturated carbocycles. The number of nitrogens with zero attached hydrogens (tertiary/aromatic N) is 3. The second kappa shape index (κ2) is 4.96. The first-order valence-corrected chi connectivity index (χ1v) is 7.19.